The Kier molecular flexibility index (Phi) is 7.56. The van der Waals surface area contributed by atoms with Crippen molar-refractivity contribution in [2.75, 3.05) is 18.1 Å². The molecule has 1 aromatic heterocycles. The maximum Gasteiger partial charge on any atom is 0.573 e. The van der Waals surface area contributed by atoms with Crippen molar-refractivity contribution in [1.29, 1.82) is 0 Å². The molecular weight excluding hydrogens is 505 g/mol. The van der Waals surface area contributed by atoms with Crippen LogP contribution < -0.4 is 19.1 Å². The van der Waals surface area contributed by atoms with Crippen molar-refractivity contribution >= 4 is 23.1 Å². The highest BCUT2D eigenvalue weighted by atomic mass is 19.4. The SMILES string of the molecule is CCOc1ccc(/C(O)=C2/C(=O)C(=O)N(c3ccc(OC(F)(F)F)cc3)C2c2ccncc2)c(OCC)c1. The first-order valence-corrected chi connectivity index (χ1v) is 11.6. The molecule has 38 heavy (non-hydrogen) atoms. The van der Waals surface area contributed by atoms with Crippen LogP contribution in [0, 0.1) is 0 Å². The number of aliphatic hydroxyl groups excluding tert-OH is 1. The summed E-state index contributed by atoms with van der Waals surface area (Å²) in [6.45, 7) is 4.21. The van der Waals surface area contributed by atoms with Gasteiger partial charge in [-0.15, -0.1) is 13.2 Å². The highest BCUT2D eigenvalue weighted by molar-refractivity contribution is 6.51. The number of Topliss-reactive ketones (excluding diaryl/α,β-unsaturated/α-hetero) is 1. The summed E-state index contributed by atoms with van der Waals surface area (Å²) in [6, 6.07) is 11.2. The molecule has 0 bridgehead atoms. The van der Waals surface area contributed by atoms with E-state index in [1.54, 1.807) is 31.2 Å². The van der Waals surface area contributed by atoms with Crippen molar-refractivity contribution < 1.29 is 42.1 Å². The minimum Gasteiger partial charge on any atom is -0.507 e. The molecule has 11 heteroatoms. The third-order valence-electron chi connectivity index (χ3n) is 5.63. The van der Waals surface area contributed by atoms with E-state index in [0.717, 1.165) is 17.0 Å². The molecule has 2 heterocycles. The Morgan fingerprint density at radius 1 is 0.947 bits per heavy atom. The topological polar surface area (TPSA) is 98.2 Å². The van der Waals surface area contributed by atoms with Crippen molar-refractivity contribution in [3.63, 3.8) is 0 Å². The van der Waals surface area contributed by atoms with E-state index in [2.05, 4.69) is 9.72 Å². The van der Waals surface area contributed by atoms with E-state index >= 15 is 0 Å². The Hall–Kier alpha value is -4.54. The van der Waals surface area contributed by atoms with Gasteiger partial charge in [0.15, 0.2) is 0 Å². The first-order chi connectivity index (χ1) is 18.1. The highest BCUT2D eigenvalue weighted by Crippen LogP contribution is 2.44. The lowest BCUT2D eigenvalue weighted by atomic mass is 9.95. The molecular formula is C27H23F3N2O6. The average Bonchev–Trinajstić information content (AvgIpc) is 3.15. The number of hydrogen-bond acceptors (Lipinski definition) is 7. The number of hydrogen-bond donors (Lipinski definition) is 1. The fraction of sp³-hybridized carbons (Fsp3) is 0.222. The summed E-state index contributed by atoms with van der Waals surface area (Å²) in [5.74, 6) is -2.19. The molecule has 1 unspecified atom stereocenters. The Bertz CT molecular complexity index is 1360. The van der Waals surface area contributed by atoms with Gasteiger partial charge in [-0.3, -0.25) is 19.5 Å². The molecule has 1 aliphatic rings. The number of pyridine rings is 1. The minimum absolute atomic E-state index is 0.124. The Labute approximate surface area is 215 Å². The Balaban J connectivity index is 1.86. The summed E-state index contributed by atoms with van der Waals surface area (Å²) in [4.78, 5) is 31.6. The van der Waals surface area contributed by atoms with Gasteiger partial charge in [0.25, 0.3) is 11.7 Å². The van der Waals surface area contributed by atoms with Crippen LogP contribution in [0.1, 0.15) is 31.0 Å². The lowest BCUT2D eigenvalue weighted by Gasteiger charge is -2.25. The number of aliphatic hydroxyl groups is 1. The first kappa shape index (κ1) is 26.5. The molecule has 1 atom stereocenters. The van der Waals surface area contributed by atoms with Gasteiger partial charge in [0.1, 0.15) is 23.0 Å². The number of rotatable bonds is 8. The lowest BCUT2D eigenvalue weighted by molar-refractivity contribution is -0.274. The zero-order valence-electron chi connectivity index (χ0n) is 20.4. The van der Waals surface area contributed by atoms with Crippen LogP contribution in [0.15, 0.2) is 72.6 Å². The number of amides is 1. The molecule has 4 rings (SSSR count). The highest BCUT2D eigenvalue weighted by Gasteiger charge is 2.47. The number of alkyl halides is 3. The smallest absolute Gasteiger partial charge is 0.507 e. The van der Waals surface area contributed by atoms with Gasteiger partial charge in [-0.25, -0.2) is 0 Å². The molecule has 1 N–H and O–H groups in total. The molecule has 8 nitrogen and oxygen atoms in total. The standard InChI is InChI=1S/C27H23F3N2O6/c1-3-36-19-9-10-20(21(15-19)37-4-2)24(33)22-23(16-11-13-31-14-12-16)32(26(35)25(22)34)17-5-7-18(8-6-17)38-27(28,29)30/h5-15,23,33H,3-4H2,1-2H3/b24-22-. The third-order valence-corrected chi connectivity index (χ3v) is 5.63. The van der Waals surface area contributed by atoms with E-state index in [4.69, 9.17) is 9.47 Å². The second kappa shape index (κ2) is 10.8. The number of ether oxygens (including phenoxy) is 3. The summed E-state index contributed by atoms with van der Waals surface area (Å²) in [7, 11) is 0. The molecule has 2 aromatic carbocycles. The van der Waals surface area contributed by atoms with Crippen LogP contribution in [-0.4, -0.2) is 41.4 Å². The number of ketones is 1. The molecule has 0 radical (unpaired) electrons. The molecule has 0 spiro atoms. The second-order valence-corrected chi connectivity index (χ2v) is 8.02. The van der Waals surface area contributed by atoms with Crippen LogP contribution >= 0.6 is 0 Å². The summed E-state index contributed by atoms with van der Waals surface area (Å²) in [6.07, 6.45) is -1.98. The molecule has 198 valence electrons. The number of nitrogens with zero attached hydrogens (tertiary/aromatic N) is 2. The largest absolute Gasteiger partial charge is 0.573 e. The van der Waals surface area contributed by atoms with Crippen molar-refractivity contribution in [3.05, 3.63) is 83.7 Å². The minimum atomic E-state index is -4.89. The maximum atomic E-state index is 13.3. The van der Waals surface area contributed by atoms with Crippen LogP contribution in [0.5, 0.6) is 17.2 Å². The van der Waals surface area contributed by atoms with Gasteiger partial charge in [0, 0.05) is 24.1 Å². The van der Waals surface area contributed by atoms with Gasteiger partial charge in [-0.05, 0) is 67.9 Å². The summed E-state index contributed by atoms with van der Waals surface area (Å²) < 4.78 is 52.9. The maximum absolute atomic E-state index is 13.3. The van der Waals surface area contributed by atoms with Gasteiger partial charge in [0.2, 0.25) is 0 Å². The predicted octanol–water partition coefficient (Wildman–Crippen LogP) is 5.40. The van der Waals surface area contributed by atoms with Crippen LogP contribution in [-0.2, 0) is 9.59 Å². The monoisotopic (exact) mass is 528 g/mol. The van der Waals surface area contributed by atoms with E-state index in [1.165, 1.54) is 30.6 Å². The van der Waals surface area contributed by atoms with E-state index in [0.29, 0.717) is 17.9 Å². The van der Waals surface area contributed by atoms with Crippen molar-refractivity contribution in [3.8, 4) is 17.2 Å². The van der Waals surface area contributed by atoms with Gasteiger partial charge in [0.05, 0.1) is 30.4 Å². The number of carbonyl (C=O) groups excluding carboxylic acids is 2. The molecule has 0 aliphatic carbocycles. The molecule has 3 aromatic rings. The number of carbonyl (C=O) groups is 2. The van der Waals surface area contributed by atoms with Crippen molar-refractivity contribution in [2.45, 2.75) is 26.3 Å². The van der Waals surface area contributed by atoms with Gasteiger partial charge < -0.3 is 19.3 Å². The Morgan fingerprint density at radius 2 is 1.58 bits per heavy atom. The zero-order chi connectivity index (χ0) is 27.4. The summed E-state index contributed by atoms with van der Waals surface area (Å²) >= 11 is 0. The predicted molar refractivity (Wildman–Crippen MR) is 131 cm³/mol. The number of aromatic nitrogens is 1. The van der Waals surface area contributed by atoms with Gasteiger partial charge in [-0.2, -0.15) is 0 Å². The van der Waals surface area contributed by atoms with Crippen molar-refractivity contribution in [2.24, 2.45) is 0 Å². The van der Waals surface area contributed by atoms with Gasteiger partial charge in [-0.1, -0.05) is 0 Å². The van der Waals surface area contributed by atoms with Gasteiger partial charge >= 0.3 is 6.36 Å². The van der Waals surface area contributed by atoms with E-state index in [9.17, 15) is 27.9 Å². The second-order valence-electron chi connectivity index (χ2n) is 8.02. The Morgan fingerprint density at radius 3 is 2.18 bits per heavy atom. The lowest BCUT2D eigenvalue weighted by Crippen LogP contribution is -2.29. The fourth-order valence-corrected chi connectivity index (χ4v) is 4.14. The molecule has 1 saturated heterocycles. The van der Waals surface area contributed by atoms with Crippen molar-refractivity contribution in [1.82, 2.24) is 4.98 Å². The summed E-state index contributed by atoms with van der Waals surface area (Å²) in [5.41, 5.74) is 0.516. The van der Waals surface area contributed by atoms with Crippen LogP contribution in [0.4, 0.5) is 18.9 Å². The number of anilines is 1. The molecule has 0 saturated carbocycles. The normalized spacial score (nSPS) is 17.0. The first-order valence-electron chi connectivity index (χ1n) is 11.6. The number of halogens is 3. The van der Waals surface area contributed by atoms with E-state index < -0.39 is 35.6 Å². The summed E-state index contributed by atoms with van der Waals surface area (Å²) in [5, 5.41) is 11.4. The number of benzene rings is 2. The average molecular weight is 528 g/mol. The van der Waals surface area contributed by atoms with E-state index in [1.807, 2.05) is 6.92 Å². The molecule has 1 aliphatic heterocycles. The molecule has 1 fully saturated rings. The quantitative estimate of drug-likeness (QED) is 0.237. The fourth-order valence-electron chi connectivity index (χ4n) is 4.14. The zero-order valence-corrected chi connectivity index (χ0v) is 20.4. The molecule has 1 amide bonds. The van der Waals surface area contributed by atoms with Crippen LogP contribution in [0.3, 0.4) is 0 Å². The third kappa shape index (κ3) is 5.41. The van der Waals surface area contributed by atoms with E-state index in [-0.39, 0.29) is 29.2 Å². The van der Waals surface area contributed by atoms with Crippen LogP contribution in [0.2, 0.25) is 0 Å². The van der Waals surface area contributed by atoms with Crippen LogP contribution in [0.25, 0.3) is 5.76 Å².